The molecule has 2 amide bonds. The van der Waals surface area contributed by atoms with Crippen molar-refractivity contribution >= 4 is 17.8 Å². The average molecular weight is 252 g/mol. The quantitative estimate of drug-likeness (QED) is 0.494. The third kappa shape index (κ3) is 2.88. The van der Waals surface area contributed by atoms with Gasteiger partial charge in [0.05, 0.1) is 0 Å². The standard InChI is InChI=1S/C12H16N2O4/c15-10(3-4-11(16)17)13-14-12(18)9-6-7-1-2-8(9)5-7/h3-4,7-9H,1-2,5-6H2,(H,13,15)(H,14,18)(H,16,17)/b4-3+/t7-,8+,9+/m1/s1. The minimum Gasteiger partial charge on any atom is -0.478 e. The maximum atomic E-state index is 11.8. The number of hydrogen-bond acceptors (Lipinski definition) is 3. The lowest BCUT2D eigenvalue weighted by Gasteiger charge is -2.20. The number of carboxylic acids is 1. The smallest absolute Gasteiger partial charge is 0.328 e. The zero-order valence-corrected chi connectivity index (χ0v) is 9.89. The van der Waals surface area contributed by atoms with Crippen molar-refractivity contribution in [3.05, 3.63) is 12.2 Å². The summed E-state index contributed by atoms with van der Waals surface area (Å²) < 4.78 is 0. The maximum absolute atomic E-state index is 11.8. The Morgan fingerprint density at radius 2 is 1.83 bits per heavy atom. The van der Waals surface area contributed by atoms with Crippen LogP contribution >= 0.6 is 0 Å². The second-order valence-electron chi connectivity index (χ2n) is 4.93. The van der Waals surface area contributed by atoms with Crippen molar-refractivity contribution in [2.24, 2.45) is 17.8 Å². The first-order valence-electron chi connectivity index (χ1n) is 6.07. The summed E-state index contributed by atoms with van der Waals surface area (Å²) in [5, 5.41) is 8.33. The molecule has 3 atom stereocenters. The van der Waals surface area contributed by atoms with Gasteiger partial charge in [-0.05, 0) is 31.1 Å². The van der Waals surface area contributed by atoms with Crippen molar-refractivity contribution in [2.75, 3.05) is 0 Å². The third-order valence-electron chi connectivity index (χ3n) is 3.76. The van der Waals surface area contributed by atoms with Crippen LogP contribution in [0.25, 0.3) is 0 Å². The normalized spacial score (nSPS) is 29.4. The fourth-order valence-electron chi connectivity index (χ4n) is 2.97. The number of fused-ring (bicyclic) bond motifs is 2. The van der Waals surface area contributed by atoms with Crippen molar-refractivity contribution in [1.82, 2.24) is 10.9 Å². The van der Waals surface area contributed by atoms with Gasteiger partial charge in [-0.2, -0.15) is 0 Å². The van der Waals surface area contributed by atoms with Crippen molar-refractivity contribution in [1.29, 1.82) is 0 Å². The molecule has 2 bridgehead atoms. The van der Waals surface area contributed by atoms with Crippen LogP contribution in [-0.4, -0.2) is 22.9 Å². The maximum Gasteiger partial charge on any atom is 0.328 e. The first-order chi connectivity index (χ1) is 8.56. The topological polar surface area (TPSA) is 95.5 Å². The predicted octanol–water partition coefficient (Wildman–Crippen LogP) is 0.211. The molecule has 98 valence electrons. The van der Waals surface area contributed by atoms with E-state index in [-0.39, 0.29) is 11.8 Å². The summed E-state index contributed by atoms with van der Waals surface area (Å²) in [4.78, 5) is 33.1. The van der Waals surface area contributed by atoms with Crippen LogP contribution in [-0.2, 0) is 14.4 Å². The van der Waals surface area contributed by atoms with Crippen LogP contribution in [0.15, 0.2) is 12.2 Å². The van der Waals surface area contributed by atoms with E-state index in [0.717, 1.165) is 31.4 Å². The highest BCUT2D eigenvalue weighted by molar-refractivity contribution is 5.95. The molecule has 0 aromatic rings. The number of carboxylic acid groups (broad SMARTS) is 1. The van der Waals surface area contributed by atoms with E-state index in [9.17, 15) is 14.4 Å². The van der Waals surface area contributed by atoms with Crippen LogP contribution in [0.5, 0.6) is 0 Å². The first-order valence-corrected chi connectivity index (χ1v) is 6.07. The van der Waals surface area contributed by atoms with Gasteiger partial charge in [-0.3, -0.25) is 20.4 Å². The van der Waals surface area contributed by atoms with Crippen LogP contribution < -0.4 is 10.9 Å². The van der Waals surface area contributed by atoms with Gasteiger partial charge in [0, 0.05) is 18.1 Å². The molecule has 0 aromatic carbocycles. The Hall–Kier alpha value is -1.85. The zero-order valence-electron chi connectivity index (χ0n) is 9.89. The number of carbonyl (C=O) groups excluding carboxylic acids is 2. The molecule has 2 aliphatic carbocycles. The average Bonchev–Trinajstić information content (AvgIpc) is 2.95. The number of rotatable bonds is 3. The van der Waals surface area contributed by atoms with E-state index >= 15 is 0 Å². The summed E-state index contributed by atoms with van der Waals surface area (Å²) in [5.74, 6) is -0.917. The molecule has 6 heteroatoms. The highest BCUT2D eigenvalue weighted by Crippen LogP contribution is 2.48. The Morgan fingerprint density at radius 1 is 1.06 bits per heavy atom. The van der Waals surface area contributed by atoms with E-state index in [1.54, 1.807) is 0 Å². The molecule has 0 unspecified atom stereocenters. The van der Waals surface area contributed by atoms with Gasteiger partial charge in [0.25, 0.3) is 5.91 Å². The van der Waals surface area contributed by atoms with Crippen LogP contribution in [0.2, 0.25) is 0 Å². The Labute approximate surface area is 104 Å². The molecule has 2 saturated carbocycles. The summed E-state index contributed by atoms with van der Waals surface area (Å²) in [6.07, 6.45) is 5.91. The van der Waals surface area contributed by atoms with Crippen molar-refractivity contribution < 1.29 is 19.5 Å². The van der Waals surface area contributed by atoms with E-state index in [1.165, 1.54) is 6.42 Å². The molecule has 18 heavy (non-hydrogen) atoms. The van der Waals surface area contributed by atoms with E-state index in [2.05, 4.69) is 10.9 Å². The number of aliphatic carboxylic acids is 1. The minimum absolute atomic E-state index is 0.00694. The largest absolute Gasteiger partial charge is 0.478 e. The molecule has 0 aromatic heterocycles. The molecule has 0 saturated heterocycles. The highest BCUT2D eigenvalue weighted by Gasteiger charge is 2.43. The van der Waals surface area contributed by atoms with Crippen molar-refractivity contribution in [3.8, 4) is 0 Å². The lowest BCUT2D eigenvalue weighted by Crippen LogP contribution is -2.45. The molecule has 0 radical (unpaired) electrons. The van der Waals surface area contributed by atoms with E-state index in [0.29, 0.717) is 11.8 Å². The summed E-state index contributed by atoms with van der Waals surface area (Å²) in [6, 6.07) is 0. The Balaban J connectivity index is 1.75. The molecule has 3 N–H and O–H groups in total. The number of nitrogens with one attached hydrogen (secondary N) is 2. The second-order valence-corrected chi connectivity index (χ2v) is 4.93. The summed E-state index contributed by atoms with van der Waals surface area (Å²) in [5.41, 5.74) is 4.54. The minimum atomic E-state index is -1.20. The van der Waals surface area contributed by atoms with Crippen molar-refractivity contribution in [3.63, 3.8) is 0 Å². The van der Waals surface area contributed by atoms with Gasteiger partial charge in [0.2, 0.25) is 5.91 Å². The number of hydrogen-bond donors (Lipinski definition) is 3. The molecule has 0 aliphatic heterocycles. The number of amides is 2. The lowest BCUT2D eigenvalue weighted by atomic mass is 9.88. The Bertz CT molecular complexity index is 405. The fraction of sp³-hybridized carbons (Fsp3) is 0.583. The van der Waals surface area contributed by atoms with Gasteiger partial charge < -0.3 is 5.11 Å². The van der Waals surface area contributed by atoms with Gasteiger partial charge in [0.1, 0.15) is 0 Å². The second kappa shape index (κ2) is 5.20. The molecule has 0 spiro atoms. The summed E-state index contributed by atoms with van der Waals surface area (Å²) >= 11 is 0. The molecule has 6 nitrogen and oxygen atoms in total. The molecule has 2 rings (SSSR count). The molecule has 2 fully saturated rings. The zero-order chi connectivity index (χ0) is 13.1. The number of carbonyl (C=O) groups is 3. The van der Waals surface area contributed by atoms with E-state index in [1.807, 2.05) is 0 Å². The monoisotopic (exact) mass is 252 g/mol. The molecular formula is C12H16N2O4. The predicted molar refractivity (Wildman–Crippen MR) is 62.0 cm³/mol. The fourth-order valence-corrected chi connectivity index (χ4v) is 2.97. The van der Waals surface area contributed by atoms with Crippen molar-refractivity contribution in [2.45, 2.75) is 25.7 Å². The number of hydrazine groups is 1. The lowest BCUT2D eigenvalue weighted by molar-refractivity contribution is -0.131. The molecule has 0 heterocycles. The van der Waals surface area contributed by atoms with Gasteiger partial charge >= 0.3 is 5.97 Å². The van der Waals surface area contributed by atoms with E-state index in [4.69, 9.17) is 5.11 Å². The Kier molecular flexibility index (Phi) is 3.64. The van der Waals surface area contributed by atoms with Gasteiger partial charge in [-0.1, -0.05) is 6.42 Å². The van der Waals surface area contributed by atoms with Gasteiger partial charge in [0.15, 0.2) is 0 Å². The van der Waals surface area contributed by atoms with Gasteiger partial charge in [-0.25, -0.2) is 4.79 Å². The van der Waals surface area contributed by atoms with Crippen LogP contribution in [0.3, 0.4) is 0 Å². The van der Waals surface area contributed by atoms with Gasteiger partial charge in [-0.15, -0.1) is 0 Å². The van der Waals surface area contributed by atoms with Crippen LogP contribution in [0.1, 0.15) is 25.7 Å². The molecular weight excluding hydrogens is 236 g/mol. The first kappa shape index (κ1) is 12.6. The highest BCUT2D eigenvalue weighted by atomic mass is 16.4. The third-order valence-corrected chi connectivity index (χ3v) is 3.76. The SMILES string of the molecule is O=C(O)/C=C/C(=O)NNC(=O)[C@H]1C[C@@H]2CC[C@H]1C2. The Morgan fingerprint density at radius 3 is 2.39 bits per heavy atom. The van der Waals surface area contributed by atoms with Crippen LogP contribution in [0, 0.1) is 17.8 Å². The summed E-state index contributed by atoms with van der Waals surface area (Å²) in [7, 11) is 0. The summed E-state index contributed by atoms with van der Waals surface area (Å²) in [6.45, 7) is 0. The molecule has 2 aliphatic rings. The van der Waals surface area contributed by atoms with Crippen LogP contribution in [0.4, 0.5) is 0 Å². The van der Waals surface area contributed by atoms with E-state index < -0.39 is 11.9 Å².